The van der Waals surface area contributed by atoms with Crippen molar-refractivity contribution in [1.29, 1.82) is 0 Å². The van der Waals surface area contributed by atoms with Crippen LogP contribution in [0, 0.1) is 6.92 Å². The van der Waals surface area contributed by atoms with Gasteiger partial charge in [0.2, 0.25) is 0 Å². The van der Waals surface area contributed by atoms with Gasteiger partial charge in [0.1, 0.15) is 10.8 Å². The van der Waals surface area contributed by atoms with Crippen molar-refractivity contribution in [3.05, 3.63) is 44.9 Å². The lowest BCUT2D eigenvalue weighted by Crippen LogP contribution is -2.18. The highest BCUT2D eigenvalue weighted by Gasteiger charge is 2.13. The van der Waals surface area contributed by atoms with Gasteiger partial charge in [0, 0.05) is 28.2 Å². The molecule has 1 N–H and O–H groups in total. The maximum Gasteiger partial charge on any atom is 0.387 e. The van der Waals surface area contributed by atoms with Gasteiger partial charge in [-0.3, -0.25) is 0 Å². The zero-order valence-corrected chi connectivity index (χ0v) is 13.1. The molecule has 1 unspecified atom stereocenters. The molecule has 0 saturated carbocycles. The number of halogens is 3. The first-order chi connectivity index (χ1) is 9.95. The molecule has 0 saturated heterocycles. The van der Waals surface area contributed by atoms with Gasteiger partial charge >= 0.3 is 6.61 Å². The fourth-order valence-electron chi connectivity index (χ4n) is 1.82. The number of benzene rings is 1. The lowest BCUT2D eigenvalue weighted by atomic mass is 10.2. The van der Waals surface area contributed by atoms with Crippen LogP contribution in [-0.2, 0) is 6.54 Å². The summed E-state index contributed by atoms with van der Waals surface area (Å²) in [5, 5.41) is 4.66. The molecule has 1 aromatic carbocycles. The molecule has 2 rings (SSSR count). The van der Waals surface area contributed by atoms with Gasteiger partial charge in [-0.2, -0.15) is 8.78 Å². The molecule has 0 aliphatic carbocycles. The number of nitrogens with one attached hydrogen (secondary N) is 1. The third kappa shape index (κ3) is 4.62. The first-order valence-electron chi connectivity index (χ1n) is 6.34. The Kier molecular flexibility index (Phi) is 5.50. The lowest BCUT2D eigenvalue weighted by Gasteiger charge is -2.14. The first kappa shape index (κ1) is 16.1. The average Bonchev–Trinajstić information content (AvgIpc) is 2.85. The fraction of sp³-hybridized carbons (Fsp3) is 0.357. The highest BCUT2D eigenvalue weighted by atomic mass is 35.5. The Balaban J connectivity index is 2.06. The second-order valence-electron chi connectivity index (χ2n) is 4.54. The van der Waals surface area contributed by atoms with Gasteiger partial charge in [-0.25, -0.2) is 4.98 Å². The summed E-state index contributed by atoms with van der Waals surface area (Å²) in [6.07, 6.45) is 1.81. The Morgan fingerprint density at radius 3 is 2.81 bits per heavy atom. The van der Waals surface area contributed by atoms with Crippen molar-refractivity contribution in [2.75, 3.05) is 0 Å². The molecule has 1 atom stereocenters. The van der Waals surface area contributed by atoms with E-state index in [0.29, 0.717) is 17.1 Å². The van der Waals surface area contributed by atoms with Gasteiger partial charge in [0.25, 0.3) is 0 Å². The number of hydrogen-bond donors (Lipinski definition) is 1. The Bertz CT molecular complexity index is 606. The predicted molar refractivity (Wildman–Crippen MR) is 80.2 cm³/mol. The zero-order chi connectivity index (χ0) is 15.4. The Labute approximate surface area is 130 Å². The number of thiazole rings is 1. The molecule has 0 fully saturated rings. The van der Waals surface area contributed by atoms with E-state index < -0.39 is 6.61 Å². The van der Waals surface area contributed by atoms with Gasteiger partial charge < -0.3 is 10.1 Å². The van der Waals surface area contributed by atoms with Crippen molar-refractivity contribution >= 4 is 22.9 Å². The largest absolute Gasteiger partial charge is 0.434 e. The molecule has 0 amide bonds. The minimum absolute atomic E-state index is 0.0158. The third-order valence-electron chi connectivity index (χ3n) is 2.85. The molecule has 0 aliphatic rings. The molecule has 0 spiro atoms. The monoisotopic (exact) mass is 332 g/mol. The quantitative estimate of drug-likeness (QED) is 0.842. The first-order valence-corrected chi connectivity index (χ1v) is 7.54. The van der Waals surface area contributed by atoms with E-state index in [9.17, 15) is 8.78 Å². The molecule has 21 heavy (non-hydrogen) atoms. The Morgan fingerprint density at radius 2 is 2.19 bits per heavy atom. The van der Waals surface area contributed by atoms with E-state index in [1.165, 1.54) is 12.1 Å². The summed E-state index contributed by atoms with van der Waals surface area (Å²) in [5.74, 6) is 0.129. The SMILES string of the molecule is Cc1cnc(C(C)NCc2cc(Cl)ccc2OC(F)F)s1. The van der Waals surface area contributed by atoms with Gasteiger partial charge in [-0.15, -0.1) is 11.3 Å². The van der Waals surface area contributed by atoms with Crippen LogP contribution in [0.2, 0.25) is 5.02 Å². The number of hydrogen-bond acceptors (Lipinski definition) is 4. The second-order valence-corrected chi connectivity index (χ2v) is 6.25. The standard InChI is InChI=1S/C14H15ClF2N2OS/c1-8-6-19-13(21-8)9(2)18-7-10-5-11(15)3-4-12(10)20-14(16)17/h3-6,9,14,18H,7H2,1-2H3. The normalized spacial score (nSPS) is 12.7. The summed E-state index contributed by atoms with van der Waals surface area (Å²) >= 11 is 7.51. The molecular weight excluding hydrogens is 318 g/mol. The highest BCUT2D eigenvalue weighted by molar-refractivity contribution is 7.11. The van der Waals surface area contributed by atoms with Crippen LogP contribution in [0.4, 0.5) is 8.78 Å². The topological polar surface area (TPSA) is 34.2 Å². The molecular formula is C14H15ClF2N2OS. The fourth-order valence-corrected chi connectivity index (χ4v) is 2.82. The molecule has 114 valence electrons. The zero-order valence-electron chi connectivity index (χ0n) is 11.6. The lowest BCUT2D eigenvalue weighted by molar-refractivity contribution is -0.0505. The molecule has 3 nitrogen and oxygen atoms in total. The van der Waals surface area contributed by atoms with Gasteiger partial charge in [-0.1, -0.05) is 11.6 Å². The molecule has 0 aliphatic heterocycles. The molecule has 1 heterocycles. The summed E-state index contributed by atoms with van der Waals surface area (Å²) in [6.45, 7) is 1.46. The van der Waals surface area contributed by atoms with Gasteiger partial charge in [0.15, 0.2) is 0 Å². The molecule has 0 bridgehead atoms. The van der Waals surface area contributed by atoms with Crippen molar-refractivity contribution in [1.82, 2.24) is 10.3 Å². The number of nitrogens with zero attached hydrogens (tertiary/aromatic N) is 1. The minimum atomic E-state index is -2.86. The van der Waals surface area contributed by atoms with E-state index in [1.807, 2.05) is 20.0 Å². The van der Waals surface area contributed by atoms with E-state index in [2.05, 4.69) is 15.0 Å². The maximum absolute atomic E-state index is 12.4. The number of rotatable bonds is 6. The van der Waals surface area contributed by atoms with Gasteiger partial charge in [-0.05, 0) is 32.0 Å². The van der Waals surface area contributed by atoms with Gasteiger partial charge in [0.05, 0.1) is 6.04 Å². The summed E-state index contributed by atoms with van der Waals surface area (Å²) in [7, 11) is 0. The Hall–Kier alpha value is -1.24. The smallest absolute Gasteiger partial charge is 0.387 e. The van der Waals surface area contributed by atoms with Crippen LogP contribution in [-0.4, -0.2) is 11.6 Å². The summed E-state index contributed by atoms with van der Waals surface area (Å²) in [6, 6.07) is 4.61. The van der Waals surface area contributed by atoms with Crippen molar-refractivity contribution in [2.24, 2.45) is 0 Å². The molecule has 0 radical (unpaired) electrons. The van der Waals surface area contributed by atoms with Crippen LogP contribution in [0.5, 0.6) is 5.75 Å². The van der Waals surface area contributed by atoms with Crippen LogP contribution in [0.25, 0.3) is 0 Å². The van der Waals surface area contributed by atoms with Crippen molar-refractivity contribution in [2.45, 2.75) is 33.0 Å². The molecule has 1 aromatic heterocycles. The van der Waals surface area contributed by atoms with Crippen LogP contribution in [0.1, 0.15) is 28.4 Å². The van der Waals surface area contributed by atoms with Crippen LogP contribution in [0.3, 0.4) is 0 Å². The summed E-state index contributed by atoms with van der Waals surface area (Å²) in [5.41, 5.74) is 0.586. The molecule has 2 aromatic rings. The van der Waals surface area contributed by atoms with Crippen LogP contribution in [0.15, 0.2) is 24.4 Å². The minimum Gasteiger partial charge on any atom is -0.434 e. The average molecular weight is 333 g/mol. The van der Waals surface area contributed by atoms with Crippen molar-refractivity contribution < 1.29 is 13.5 Å². The number of aromatic nitrogens is 1. The second kappa shape index (κ2) is 7.15. The summed E-state index contributed by atoms with van der Waals surface area (Å²) in [4.78, 5) is 5.42. The van der Waals surface area contributed by atoms with Crippen molar-refractivity contribution in [3.63, 3.8) is 0 Å². The summed E-state index contributed by atoms with van der Waals surface area (Å²) < 4.78 is 29.3. The molecule has 7 heteroatoms. The van der Waals surface area contributed by atoms with E-state index in [-0.39, 0.29) is 11.8 Å². The number of aryl methyl sites for hydroxylation is 1. The third-order valence-corrected chi connectivity index (χ3v) is 4.18. The number of ether oxygens (including phenoxy) is 1. The predicted octanol–water partition coefficient (Wildman–Crippen LogP) is 4.56. The van der Waals surface area contributed by atoms with E-state index in [1.54, 1.807) is 17.4 Å². The van der Waals surface area contributed by atoms with Crippen LogP contribution >= 0.6 is 22.9 Å². The van der Waals surface area contributed by atoms with E-state index in [0.717, 1.165) is 9.88 Å². The van der Waals surface area contributed by atoms with E-state index in [4.69, 9.17) is 11.6 Å². The van der Waals surface area contributed by atoms with Crippen LogP contribution < -0.4 is 10.1 Å². The Morgan fingerprint density at radius 1 is 1.43 bits per heavy atom. The highest BCUT2D eigenvalue weighted by Crippen LogP contribution is 2.26. The van der Waals surface area contributed by atoms with E-state index >= 15 is 0 Å². The van der Waals surface area contributed by atoms with Crippen molar-refractivity contribution in [3.8, 4) is 5.75 Å². The number of alkyl halides is 2. The maximum atomic E-state index is 12.4.